The number of halogens is 1. The van der Waals surface area contributed by atoms with Gasteiger partial charge in [0.25, 0.3) is 0 Å². The molecule has 0 saturated carbocycles. The van der Waals surface area contributed by atoms with Crippen molar-refractivity contribution in [1.29, 1.82) is 0 Å². The molecule has 2 aromatic carbocycles. The first kappa shape index (κ1) is 15.8. The molecule has 0 atom stereocenters. The van der Waals surface area contributed by atoms with E-state index in [1.165, 1.54) is 19.2 Å². The molecule has 0 aliphatic heterocycles. The third-order valence-corrected chi connectivity index (χ3v) is 3.63. The van der Waals surface area contributed by atoms with Crippen LogP contribution >= 0.6 is 0 Å². The van der Waals surface area contributed by atoms with Gasteiger partial charge >= 0.3 is 5.97 Å². The number of nitrogens with zero attached hydrogens (tertiary/aromatic N) is 2. The molecule has 3 rings (SSSR count). The van der Waals surface area contributed by atoms with Crippen LogP contribution in [0.4, 0.5) is 4.39 Å². The lowest BCUT2D eigenvalue weighted by Gasteiger charge is -2.12. The van der Waals surface area contributed by atoms with Gasteiger partial charge in [-0.05, 0) is 31.2 Å². The van der Waals surface area contributed by atoms with Crippen LogP contribution < -0.4 is 0 Å². The summed E-state index contributed by atoms with van der Waals surface area (Å²) in [7, 11) is 1.31. The molecule has 3 aromatic rings. The van der Waals surface area contributed by atoms with Gasteiger partial charge < -0.3 is 4.74 Å². The Morgan fingerprint density at radius 2 is 1.62 bits per heavy atom. The third-order valence-electron chi connectivity index (χ3n) is 3.63. The van der Waals surface area contributed by atoms with Gasteiger partial charge in [0.05, 0.1) is 18.5 Å². The first-order valence-electron chi connectivity index (χ1n) is 7.38. The number of carbonyl (C=O) groups excluding carboxylic acids is 1. The van der Waals surface area contributed by atoms with Crippen LogP contribution in [0.3, 0.4) is 0 Å². The largest absolute Gasteiger partial charge is 0.465 e. The average molecular weight is 322 g/mol. The molecule has 0 bridgehead atoms. The van der Waals surface area contributed by atoms with Gasteiger partial charge in [-0.2, -0.15) is 0 Å². The van der Waals surface area contributed by atoms with E-state index in [0.29, 0.717) is 22.8 Å². The van der Waals surface area contributed by atoms with Crippen molar-refractivity contribution >= 4 is 5.97 Å². The maximum absolute atomic E-state index is 13.2. The Morgan fingerprint density at radius 3 is 2.25 bits per heavy atom. The number of methoxy groups -OCH3 is 1. The van der Waals surface area contributed by atoms with Crippen molar-refractivity contribution in [3.63, 3.8) is 0 Å². The van der Waals surface area contributed by atoms with Crippen LogP contribution in [-0.4, -0.2) is 23.0 Å². The summed E-state index contributed by atoms with van der Waals surface area (Å²) in [5, 5.41) is 0. The number of hydrogen-bond donors (Lipinski definition) is 0. The maximum Gasteiger partial charge on any atom is 0.341 e. The smallest absolute Gasteiger partial charge is 0.341 e. The van der Waals surface area contributed by atoms with Gasteiger partial charge in [-0.1, -0.05) is 30.3 Å². The fourth-order valence-corrected chi connectivity index (χ4v) is 2.45. The minimum Gasteiger partial charge on any atom is -0.465 e. The highest BCUT2D eigenvalue weighted by Gasteiger charge is 2.21. The predicted octanol–water partition coefficient (Wildman–Crippen LogP) is 4.04. The van der Waals surface area contributed by atoms with Crippen molar-refractivity contribution < 1.29 is 13.9 Å². The molecular weight excluding hydrogens is 307 g/mol. The van der Waals surface area contributed by atoms with E-state index in [2.05, 4.69) is 9.97 Å². The SMILES string of the molecule is COC(=O)c1c(C)nc(-c2ccccc2)nc1-c1ccc(F)cc1. The van der Waals surface area contributed by atoms with E-state index in [1.54, 1.807) is 19.1 Å². The number of aryl methyl sites for hydroxylation is 1. The molecule has 0 aliphatic rings. The van der Waals surface area contributed by atoms with E-state index in [1.807, 2.05) is 30.3 Å². The highest BCUT2D eigenvalue weighted by atomic mass is 19.1. The predicted molar refractivity (Wildman–Crippen MR) is 88.9 cm³/mol. The van der Waals surface area contributed by atoms with E-state index in [9.17, 15) is 9.18 Å². The minimum absolute atomic E-state index is 0.281. The maximum atomic E-state index is 13.2. The summed E-state index contributed by atoms with van der Waals surface area (Å²) in [6.45, 7) is 1.73. The molecule has 0 radical (unpaired) electrons. The molecule has 1 aromatic heterocycles. The Labute approximate surface area is 139 Å². The lowest BCUT2D eigenvalue weighted by Crippen LogP contribution is -2.10. The van der Waals surface area contributed by atoms with Gasteiger partial charge in [0.2, 0.25) is 0 Å². The number of rotatable bonds is 3. The molecule has 120 valence electrons. The number of carbonyl (C=O) groups is 1. The van der Waals surface area contributed by atoms with Crippen LogP contribution in [0.15, 0.2) is 54.6 Å². The topological polar surface area (TPSA) is 52.1 Å². The Balaban J connectivity index is 2.24. The van der Waals surface area contributed by atoms with Crippen molar-refractivity contribution in [2.75, 3.05) is 7.11 Å². The molecule has 0 spiro atoms. The van der Waals surface area contributed by atoms with Crippen molar-refractivity contribution in [3.8, 4) is 22.6 Å². The Hall–Kier alpha value is -3.08. The summed E-state index contributed by atoms with van der Waals surface area (Å²) in [6, 6.07) is 15.3. The van der Waals surface area contributed by atoms with Gasteiger partial charge in [-0.3, -0.25) is 0 Å². The second-order valence-electron chi connectivity index (χ2n) is 5.22. The summed E-state index contributed by atoms with van der Waals surface area (Å²) in [6.07, 6.45) is 0. The number of benzene rings is 2. The number of aromatic nitrogens is 2. The number of hydrogen-bond acceptors (Lipinski definition) is 4. The van der Waals surface area contributed by atoms with Crippen LogP contribution in [0.5, 0.6) is 0 Å². The van der Waals surface area contributed by atoms with Gasteiger partial charge in [0.15, 0.2) is 5.82 Å². The third kappa shape index (κ3) is 3.01. The number of ether oxygens (including phenoxy) is 1. The molecular formula is C19H15FN2O2. The van der Waals surface area contributed by atoms with Crippen LogP contribution in [-0.2, 0) is 4.74 Å². The Bertz CT molecular complexity index is 878. The van der Waals surface area contributed by atoms with Crippen molar-refractivity contribution in [3.05, 3.63) is 71.7 Å². The normalized spacial score (nSPS) is 10.5. The second-order valence-corrected chi connectivity index (χ2v) is 5.22. The van der Waals surface area contributed by atoms with E-state index in [-0.39, 0.29) is 11.4 Å². The first-order chi connectivity index (χ1) is 11.6. The molecule has 1 heterocycles. The molecule has 0 fully saturated rings. The van der Waals surface area contributed by atoms with Crippen LogP contribution in [0, 0.1) is 12.7 Å². The summed E-state index contributed by atoms with van der Waals surface area (Å²) in [4.78, 5) is 21.1. The summed E-state index contributed by atoms with van der Waals surface area (Å²) < 4.78 is 18.1. The van der Waals surface area contributed by atoms with Gasteiger partial charge in [-0.25, -0.2) is 19.2 Å². The lowest BCUT2D eigenvalue weighted by molar-refractivity contribution is 0.0600. The fraction of sp³-hybridized carbons (Fsp3) is 0.105. The zero-order chi connectivity index (χ0) is 17.1. The zero-order valence-corrected chi connectivity index (χ0v) is 13.3. The molecule has 5 heteroatoms. The minimum atomic E-state index is -0.522. The number of esters is 1. The molecule has 0 unspecified atom stereocenters. The zero-order valence-electron chi connectivity index (χ0n) is 13.3. The quantitative estimate of drug-likeness (QED) is 0.683. The molecule has 0 saturated heterocycles. The van der Waals surface area contributed by atoms with Crippen LogP contribution in [0.1, 0.15) is 16.1 Å². The molecule has 0 N–H and O–H groups in total. The van der Waals surface area contributed by atoms with Gasteiger partial charge in [0.1, 0.15) is 11.4 Å². The van der Waals surface area contributed by atoms with Crippen molar-refractivity contribution in [2.24, 2.45) is 0 Å². The summed E-state index contributed by atoms with van der Waals surface area (Å²) in [5.74, 6) is -0.376. The van der Waals surface area contributed by atoms with Gasteiger partial charge in [0, 0.05) is 11.1 Å². The Kier molecular flexibility index (Phi) is 4.33. The van der Waals surface area contributed by atoms with Crippen molar-refractivity contribution in [1.82, 2.24) is 9.97 Å². The highest BCUT2D eigenvalue weighted by molar-refractivity contribution is 5.97. The molecule has 0 amide bonds. The van der Waals surface area contributed by atoms with E-state index >= 15 is 0 Å². The van der Waals surface area contributed by atoms with E-state index in [0.717, 1.165) is 5.56 Å². The fourth-order valence-electron chi connectivity index (χ4n) is 2.45. The van der Waals surface area contributed by atoms with Crippen LogP contribution in [0.25, 0.3) is 22.6 Å². The monoisotopic (exact) mass is 322 g/mol. The standard InChI is InChI=1S/C19H15FN2O2/c1-12-16(19(23)24-2)17(13-8-10-15(20)11-9-13)22-18(21-12)14-6-4-3-5-7-14/h3-11H,1-2H3. The van der Waals surface area contributed by atoms with E-state index < -0.39 is 5.97 Å². The van der Waals surface area contributed by atoms with Crippen molar-refractivity contribution in [2.45, 2.75) is 6.92 Å². The lowest BCUT2D eigenvalue weighted by atomic mass is 10.0. The van der Waals surface area contributed by atoms with E-state index in [4.69, 9.17) is 4.74 Å². The summed E-state index contributed by atoms with van der Waals surface area (Å²) in [5.41, 5.74) is 2.67. The molecule has 4 nitrogen and oxygen atoms in total. The van der Waals surface area contributed by atoms with Crippen LogP contribution in [0.2, 0.25) is 0 Å². The Morgan fingerprint density at radius 1 is 0.958 bits per heavy atom. The van der Waals surface area contributed by atoms with Gasteiger partial charge in [-0.15, -0.1) is 0 Å². The first-order valence-corrected chi connectivity index (χ1v) is 7.38. The average Bonchev–Trinajstić information content (AvgIpc) is 2.62. The second kappa shape index (κ2) is 6.58. The highest BCUT2D eigenvalue weighted by Crippen LogP contribution is 2.27. The molecule has 24 heavy (non-hydrogen) atoms. The summed E-state index contributed by atoms with van der Waals surface area (Å²) >= 11 is 0. The molecule has 0 aliphatic carbocycles.